The lowest BCUT2D eigenvalue weighted by Crippen LogP contribution is -2.45. The van der Waals surface area contributed by atoms with Crippen LogP contribution in [-0.2, 0) is 18.4 Å². The fraction of sp³-hybridized carbons (Fsp3) is 0.500. The number of hydrogen-bond acceptors (Lipinski definition) is 3. The first-order chi connectivity index (χ1) is 12.0. The second-order valence-electron chi connectivity index (χ2n) is 7.37. The Labute approximate surface area is 145 Å². The number of imidazole rings is 1. The normalized spacial score (nSPS) is 21.3. The Morgan fingerprint density at radius 3 is 2.48 bits per heavy atom. The van der Waals surface area contributed by atoms with E-state index in [0.29, 0.717) is 17.6 Å². The number of piperidine rings is 1. The van der Waals surface area contributed by atoms with Crippen LogP contribution in [0.15, 0.2) is 29.1 Å². The minimum absolute atomic E-state index is 0.00567. The van der Waals surface area contributed by atoms with Crippen molar-refractivity contribution in [3.05, 3.63) is 34.7 Å². The average Bonchev–Trinajstić information content (AvgIpc) is 3.03. The maximum absolute atomic E-state index is 12.8. The van der Waals surface area contributed by atoms with Crippen LogP contribution < -0.4 is 5.69 Å². The monoisotopic (exact) mass is 341 g/mol. The summed E-state index contributed by atoms with van der Waals surface area (Å²) < 4.78 is 4.74. The third-order valence-electron chi connectivity index (χ3n) is 5.11. The number of aryl methyl sites for hydroxylation is 1. The second-order valence-corrected chi connectivity index (χ2v) is 7.37. The molecule has 1 fully saturated rings. The molecule has 0 saturated carbocycles. The Bertz CT molecular complexity index is 1000. The van der Waals surface area contributed by atoms with Crippen LogP contribution in [0.25, 0.3) is 16.8 Å². The van der Waals surface area contributed by atoms with Crippen molar-refractivity contribution in [3.8, 4) is 0 Å². The molecule has 7 nitrogen and oxygen atoms in total. The van der Waals surface area contributed by atoms with Crippen LogP contribution in [0.2, 0.25) is 0 Å². The molecule has 0 unspecified atom stereocenters. The first-order valence-electron chi connectivity index (χ1n) is 8.76. The van der Waals surface area contributed by atoms with Gasteiger partial charge in [-0.25, -0.2) is 13.9 Å². The van der Waals surface area contributed by atoms with Gasteiger partial charge in [0.05, 0.1) is 11.0 Å². The van der Waals surface area contributed by atoms with E-state index >= 15 is 0 Å². The van der Waals surface area contributed by atoms with Crippen LogP contribution in [0.5, 0.6) is 0 Å². The summed E-state index contributed by atoms with van der Waals surface area (Å²) in [5, 5.41) is 4.40. The number of aromatic nitrogens is 4. The quantitative estimate of drug-likeness (QED) is 0.709. The molecule has 7 heteroatoms. The topological polar surface area (TPSA) is 64.5 Å². The predicted molar refractivity (Wildman–Crippen MR) is 95.5 cm³/mol. The molecule has 3 aromatic rings. The van der Waals surface area contributed by atoms with Crippen LogP contribution in [0.1, 0.15) is 20.3 Å². The maximum Gasteiger partial charge on any atom is 0.352 e. The van der Waals surface area contributed by atoms with Gasteiger partial charge >= 0.3 is 5.69 Å². The van der Waals surface area contributed by atoms with Gasteiger partial charge in [0.15, 0.2) is 0 Å². The molecule has 4 rings (SSSR count). The summed E-state index contributed by atoms with van der Waals surface area (Å²) in [5.41, 5.74) is 1.49. The van der Waals surface area contributed by atoms with Crippen molar-refractivity contribution in [2.45, 2.75) is 26.8 Å². The number of benzene rings is 1. The van der Waals surface area contributed by atoms with Gasteiger partial charge in [0.25, 0.3) is 0 Å². The van der Waals surface area contributed by atoms with E-state index < -0.39 is 0 Å². The Morgan fingerprint density at radius 1 is 1.16 bits per heavy atom. The van der Waals surface area contributed by atoms with Crippen LogP contribution in [0.4, 0.5) is 0 Å². The summed E-state index contributed by atoms with van der Waals surface area (Å²) in [6, 6.07) is 7.68. The first-order valence-corrected chi connectivity index (χ1v) is 8.76. The van der Waals surface area contributed by atoms with E-state index in [2.05, 4.69) is 18.9 Å². The first kappa shape index (κ1) is 15.9. The van der Waals surface area contributed by atoms with E-state index in [0.717, 1.165) is 30.5 Å². The Balaban J connectivity index is 1.68. The Morgan fingerprint density at radius 2 is 1.80 bits per heavy atom. The number of hydrogen-bond donors (Lipinski definition) is 0. The van der Waals surface area contributed by atoms with Crippen molar-refractivity contribution < 1.29 is 4.79 Å². The van der Waals surface area contributed by atoms with Gasteiger partial charge in [-0.1, -0.05) is 26.0 Å². The van der Waals surface area contributed by atoms with Gasteiger partial charge in [-0.3, -0.25) is 4.79 Å². The van der Waals surface area contributed by atoms with E-state index in [1.807, 2.05) is 40.8 Å². The highest BCUT2D eigenvalue weighted by Gasteiger charge is 2.26. The highest BCUT2D eigenvalue weighted by Crippen LogP contribution is 2.21. The molecule has 2 aromatic heterocycles. The lowest BCUT2D eigenvalue weighted by Gasteiger charge is -2.34. The van der Waals surface area contributed by atoms with Crippen LogP contribution >= 0.6 is 0 Å². The van der Waals surface area contributed by atoms with Crippen molar-refractivity contribution in [2.24, 2.45) is 18.9 Å². The molecule has 3 heterocycles. The summed E-state index contributed by atoms with van der Waals surface area (Å²) in [6.07, 6.45) is 1.14. The zero-order chi connectivity index (χ0) is 17.7. The lowest BCUT2D eigenvalue weighted by molar-refractivity contribution is -0.134. The average molecular weight is 341 g/mol. The third kappa shape index (κ3) is 2.54. The molecule has 1 amide bonds. The highest BCUT2D eigenvalue weighted by atomic mass is 16.2. The number of amides is 1. The van der Waals surface area contributed by atoms with Crippen LogP contribution in [0, 0.1) is 11.8 Å². The number of carbonyl (C=O) groups excluding carboxylic acids is 1. The Kier molecular flexibility index (Phi) is 3.67. The van der Waals surface area contributed by atoms with E-state index in [1.165, 1.54) is 4.68 Å². The van der Waals surface area contributed by atoms with Crippen LogP contribution in [0.3, 0.4) is 0 Å². The van der Waals surface area contributed by atoms with Gasteiger partial charge in [-0.2, -0.15) is 0 Å². The van der Waals surface area contributed by atoms with Crippen LogP contribution in [-0.4, -0.2) is 42.6 Å². The molecule has 1 saturated heterocycles. The van der Waals surface area contributed by atoms with Crippen molar-refractivity contribution in [1.29, 1.82) is 0 Å². The van der Waals surface area contributed by atoms with E-state index in [-0.39, 0.29) is 18.1 Å². The maximum atomic E-state index is 12.8. The lowest BCUT2D eigenvalue weighted by atomic mass is 9.92. The fourth-order valence-corrected chi connectivity index (χ4v) is 4.07. The SMILES string of the molecule is C[C@@H]1C[C@H](C)CN(C(=O)Cn2nc3n(C)c4ccccc4n3c2=O)C1. The second kappa shape index (κ2) is 5.75. The largest absolute Gasteiger partial charge is 0.352 e. The number of carbonyl (C=O) groups is 1. The predicted octanol–water partition coefficient (Wildman–Crippen LogP) is 1.49. The van der Waals surface area contributed by atoms with Crippen molar-refractivity contribution in [2.75, 3.05) is 13.1 Å². The van der Waals surface area contributed by atoms with Gasteiger partial charge in [0, 0.05) is 20.1 Å². The van der Waals surface area contributed by atoms with Gasteiger partial charge in [-0.15, -0.1) is 5.10 Å². The summed E-state index contributed by atoms with van der Waals surface area (Å²) in [5.74, 6) is 1.51. The molecule has 25 heavy (non-hydrogen) atoms. The third-order valence-corrected chi connectivity index (χ3v) is 5.11. The molecular weight excluding hydrogens is 318 g/mol. The number of likely N-dealkylation sites (tertiary alicyclic amines) is 1. The molecule has 1 aliphatic heterocycles. The minimum atomic E-state index is -0.266. The summed E-state index contributed by atoms with van der Waals surface area (Å²) in [6.45, 7) is 5.84. The molecule has 132 valence electrons. The van der Waals surface area contributed by atoms with Crippen molar-refractivity contribution in [1.82, 2.24) is 23.6 Å². The number of rotatable bonds is 2. The van der Waals surface area contributed by atoms with Gasteiger partial charge < -0.3 is 9.47 Å². The molecular formula is C18H23N5O2. The van der Waals surface area contributed by atoms with E-state index in [9.17, 15) is 9.59 Å². The Hall–Kier alpha value is -2.57. The fourth-order valence-electron chi connectivity index (χ4n) is 4.07. The van der Waals surface area contributed by atoms with Gasteiger partial charge in [0.1, 0.15) is 6.54 Å². The summed E-state index contributed by atoms with van der Waals surface area (Å²) in [7, 11) is 1.88. The molecule has 1 aromatic carbocycles. The molecule has 0 spiro atoms. The summed E-state index contributed by atoms with van der Waals surface area (Å²) >= 11 is 0. The molecule has 0 aliphatic carbocycles. The summed E-state index contributed by atoms with van der Waals surface area (Å²) in [4.78, 5) is 27.3. The van der Waals surface area contributed by atoms with E-state index in [4.69, 9.17) is 0 Å². The molecule has 1 aliphatic rings. The van der Waals surface area contributed by atoms with E-state index in [1.54, 1.807) is 4.40 Å². The standard InChI is InChI=1S/C18H23N5O2/c1-12-8-13(2)10-21(9-12)16(24)11-22-18(25)23-15-7-5-4-6-14(15)20(3)17(23)19-22/h4-7,12-13H,8-11H2,1-3H3/t12-,13+. The number of fused-ring (bicyclic) bond motifs is 3. The van der Waals surface area contributed by atoms with Gasteiger partial charge in [-0.05, 0) is 30.4 Å². The van der Waals surface area contributed by atoms with Crippen molar-refractivity contribution in [3.63, 3.8) is 0 Å². The number of nitrogens with zero attached hydrogens (tertiary/aromatic N) is 5. The minimum Gasteiger partial charge on any atom is -0.341 e. The molecule has 0 radical (unpaired) electrons. The number of para-hydroxylation sites is 2. The zero-order valence-electron chi connectivity index (χ0n) is 14.8. The molecule has 0 bridgehead atoms. The zero-order valence-corrected chi connectivity index (χ0v) is 14.8. The van der Waals surface area contributed by atoms with Crippen molar-refractivity contribution >= 4 is 22.7 Å². The molecule has 2 atom stereocenters. The van der Waals surface area contributed by atoms with Gasteiger partial charge in [0.2, 0.25) is 11.7 Å². The smallest absolute Gasteiger partial charge is 0.341 e. The molecule has 0 N–H and O–H groups in total. The highest BCUT2D eigenvalue weighted by molar-refractivity contribution is 5.80.